The fourth-order valence-corrected chi connectivity index (χ4v) is 7.45. The molecule has 0 spiro atoms. The SMILES string of the molecule is CC(C)(C)OC(=O)N1C[C@H](F)C[C@H]1C(=O)CCc1cn(-c2ccc(C(F)(F)F)cc2)nc1C(N)=O.CCc1nn(-c2ccc(C(F)(F)F)cc2)cc1CNC(=O)[C@@H]1C[C@@H](F)CN1C(=O)OC(C)(C)C.O=C=O. The quantitative estimate of drug-likeness (QED) is 0.139. The minimum atomic E-state index is -4.50. The number of nitrogens with two attached hydrogens (primary N) is 1. The minimum Gasteiger partial charge on any atom is -0.444 e. The third-order valence-corrected chi connectivity index (χ3v) is 10.7. The molecule has 0 unspecified atom stereocenters. The molecular weight excluding hydrogens is 973 g/mol. The van der Waals surface area contributed by atoms with Crippen LogP contribution >= 0.6 is 0 Å². The summed E-state index contributed by atoms with van der Waals surface area (Å²) in [6.07, 6.45) is -9.81. The van der Waals surface area contributed by atoms with Crippen LogP contribution in [-0.2, 0) is 60.4 Å². The number of nitrogens with one attached hydrogen (secondary N) is 1. The molecule has 0 radical (unpaired) electrons. The fourth-order valence-electron chi connectivity index (χ4n) is 7.45. The van der Waals surface area contributed by atoms with Crippen LogP contribution in [0.1, 0.15) is 106 Å². The zero-order valence-corrected chi connectivity index (χ0v) is 40.2. The number of hydrogen-bond acceptors (Lipinski definition) is 11. The molecule has 25 heteroatoms. The molecule has 72 heavy (non-hydrogen) atoms. The largest absolute Gasteiger partial charge is 0.444 e. The van der Waals surface area contributed by atoms with Crippen LogP contribution in [0.15, 0.2) is 60.9 Å². The predicted molar refractivity (Wildman–Crippen MR) is 238 cm³/mol. The van der Waals surface area contributed by atoms with Crippen molar-refractivity contribution in [1.29, 1.82) is 0 Å². The second kappa shape index (κ2) is 23.4. The Labute approximate surface area is 407 Å². The van der Waals surface area contributed by atoms with E-state index in [2.05, 4.69) is 15.5 Å². The number of carbonyl (C=O) groups excluding carboxylic acids is 7. The van der Waals surface area contributed by atoms with Crippen molar-refractivity contribution in [1.82, 2.24) is 34.7 Å². The Balaban J connectivity index is 0.000000296. The lowest BCUT2D eigenvalue weighted by Crippen LogP contribution is -2.47. The molecule has 17 nitrogen and oxygen atoms in total. The van der Waals surface area contributed by atoms with Gasteiger partial charge in [-0.15, -0.1) is 0 Å². The molecule has 3 N–H and O–H groups in total. The number of ketones is 1. The number of carbonyl (C=O) groups is 5. The summed E-state index contributed by atoms with van der Waals surface area (Å²) in [7, 11) is 0. The molecule has 2 aliphatic heterocycles. The first kappa shape index (κ1) is 57.4. The number of halogens is 8. The standard InChI is InChI=1S/C23H26F4N4O4.C23H28F4N4O3.CO2/c1-22(2,3)35-21(34)30-12-15(24)10-17(30)18(32)9-4-13-11-31(29-19(13)20(28)33)16-7-5-14(6-8-16)23(25,26)27;1-5-18-14(12-31(29-18)17-8-6-15(7-9-17)23(25,26)27)11-28-20(32)19-10-16(24)13-30(19)21(33)34-22(2,3)4;2-1-3/h5-8,11,15,17H,4,9-10,12H2,1-3H3,(H2,28,33);6-9,12,16,19H,5,10-11,13H2,1-4H3,(H,28,32);/t15-,17+;16-,19+;/m11./s1. The van der Waals surface area contributed by atoms with Crippen LogP contribution in [-0.4, -0.2) is 114 Å². The minimum absolute atomic E-state index is 0.00729. The summed E-state index contributed by atoms with van der Waals surface area (Å²) in [6.45, 7) is 11.5. The van der Waals surface area contributed by atoms with Gasteiger partial charge in [-0.25, -0.2) is 27.7 Å². The first-order valence-corrected chi connectivity index (χ1v) is 22.2. The molecule has 4 heterocycles. The fraction of sp³-hybridized carbons (Fsp3) is 0.489. The van der Waals surface area contributed by atoms with E-state index >= 15 is 0 Å². The van der Waals surface area contributed by atoms with Gasteiger partial charge in [0.1, 0.15) is 29.6 Å². The van der Waals surface area contributed by atoms with Gasteiger partial charge in [0.25, 0.3) is 5.91 Å². The first-order valence-electron chi connectivity index (χ1n) is 22.2. The van der Waals surface area contributed by atoms with Crippen LogP contribution in [0.3, 0.4) is 0 Å². The highest BCUT2D eigenvalue weighted by molar-refractivity contribution is 5.93. The third-order valence-electron chi connectivity index (χ3n) is 10.7. The van der Waals surface area contributed by atoms with Gasteiger partial charge in [0.15, 0.2) is 11.5 Å². The highest BCUT2D eigenvalue weighted by atomic mass is 19.4. The summed E-state index contributed by atoms with van der Waals surface area (Å²) < 4.78 is 118. The maximum atomic E-state index is 14.1. The zero-order valence-electron chi connectivity index (χ0n) is 40.2. The number of aryl methyl sites for hydroxylation is 2. The average molecular weight is 1030 g/mol. The van der Waals surface area contributed by atoms with Crippen LogP contribution in [0.25, 0.3) is 11.4 Å². The van der Waals surface area contributed by atoms with Crippen molar-refractivity contribution >= 4 is 35.9 Å². The highest BCUT2D eigenvalue weighted by Crippen LogP contribution is 2.32. The molecular formula is C47H54F8N8O9. The van der Waals surface area contributed by atoms with Gasteiger partial charge in [-0.1, -0.05) is 6.92 Å². The lowest BCUT2D eigenvalue weighted by atomic mass is 10.0. The summed E-state index contributed by atoms with van der Waals surface area (Å²) in [5, 5.41) is 11.2. The Hall–Kier alpha value is -7.17. The number of nitrogens with zero attached hydrogens (tertiary/aromatic N) is 6. The van der Waals surface area contributed by atoms with Gasteiger partial charge in [0.2, 0.25) is 5.91 Å². The average Bonchev–Trinajstić information content (AvgIpc) is 4.08. The predicted octanol–water partition coefficient (Wildman–Crippen LogP) is 7.67. The Morgan fingerprint density at radius 2 is 1.11 bits per heavy atom. The zero-order chi connectivity index (χ0) is 54.1. The normalized spacial score (nSPS) is 18.0. The van der Waals surface area contributed by atoms with Crippen LogP contribution in [0.5, 0.6) is 0 Å². The van der Waals surface area contributed by atoms with Gasteiger partial charge in [0, 0.05) is 49.3 Å². The van der Waals surface area contributed by atoms with E-state index in [1.165, 1.54) is 39.8 Å². The van der Waals surface area contributed by atoms with E-state index in [0.29, 0.717) is 28.9 Å². The Morgan fingerprint density at radius 3 is 1.53 bits per heavy atom. The summed E-state index contributed by atoms with van der Waals surface area (Å²) in [4.78, 5) is 80.8. The summed E-state index contributed by atoms with van der Waals surface area (Å²) in [6, 6.07) is 6.70. The van der Waals surface area contributed by atoms with Crippen molar-refractivity contribution in [3.8, 4) is 11.4 Å². The van der Waals surface area contributed by atoms with E-state index < -0.39 is 88.9 Å². The Kier molecular flexibility index (Phi) is 18.6. The number of Topliss-reactive ketones (excluding diaryl/α,β-unsaturated/α-hetero) is 1. The van der Waals surface area contributed by atoms with Crippen molar-refractivity contribution in [3.05, 3.63) is 94.6 Å². The molecule has 2 fully saturated rings. The topological polar surface area (TPSA) is 218 Å². The first-order chi connectivity index (χ1) is 33.3. The van der Waals surface area contributed by atoms with Crippen LogP contribution < -0.4 is 11.1 Å². The summed E-state index contributed by atoms with van der Waals surface area (Å²) >= 11 is 0. The highest BCUT2D eigenvalue weighted by Gasteiger charge is 2.43. The van der Waals surface area contributed by atoms with E-state index in [0.717, 1.165) is 34.1 Å². The third kappa shape index (κ3) is 15.9. The molecule has 4 atom stereocenters. The van der Waals surface area contributed by atoms with Crippen molar-refractivity contribution in [2.24, 2.45) is 5.73 Å². The lowest BCUT2D eigenvalue weighted by Gasteiger charge is -2.27. The maximum absolute atomic E-state index is 14.1. The van der Waals surface area contributed by atoms with Gasteiger partial charge < -0.3 is 20.5 Å². The van der Waals surface area contributed by atoms with Gasteiger partial charge in [-0.2, -0.15) is 46.1 Å². The van der Waals surface area contributed by atoms with Crippen molar-refractivity contribution in [3.63, 3.8) is 0 Å². The molecule has 0 bridgehead atoms. The molecule has 2 aromatic carbocycles. The van der Waals surface area contributed by atoms with Crippen molar-refractivity contribution in [2.75, 3.05) is 13.1 Å². The van der Waals surface area contributed by atoms with Crippen LogP contribution in [0.2, 0.25) is 0 Å². The number of amides is 4. The second-order valence-corrected chi connectivity index (χ2v) is 18.5. The Morgan fingerprint density at radius 1 is 0.694 bits per heavy atom. The second-order valence-electron chi connectivity index (χ2n) is 18.5. The molecule has 0 aliphatic carbocycles. The van der Waals surface area contributed by atoms with E-state index in [9.17, 15) is 59.1 Å². The summed E-state index contributed by atoms with van der Waals surface area (Å²) in [5.74, 6) is -1.82. The number of alkyl halides is 8. The number of primary amides is 1. The number of aromatic nitrogens is 4. The van der Waals surface area contributed by atoms with Crippen molar-refractivity contribution in [2.45, 2.75) is 135 Å². The molecule has 2 aromatic heterocycles. The Bertz CT molecular complexity index is 2580. The molecule has 392 valence electrons. The van der Waals surface area contributed by atoms with E-state index in [1.54, 1.807) is 47.7 Å². The molecule has 2 aliphatic rings. The number of likely N-dealkylation sites (tertiary alicyclic amines) is 2. The van der Waals surface area contributed by atoms with Crippen LogP contribution in [0, 0.1) is 0 Å². The van der Waals surface area contributed by atoms with Gasteiger partial charge in [0.05, 0.1) is 47.3 Å². The maximum Gasteiger partial charge on any atom is 0.416 e. The number of ether oxygens (including phenoxy) is 2. The number of benzene rings is 2. The smallest absolute Gasteiger partial charge is 0.416 e. The van der Waals surface area contributed by atoms with E-state index in [4.69, 9.17) is 24.8 Å². The summed E-state index contributed by atoms with van der Waals surface area (Å²) in [5.41, 5.74) is 4.35. The molecule has 0 saturated carbocycles. The molecule has 2 saturated heterocycles. The number of hydrogen-bond donors (Lipinski definition) is 2. The van der Waals surface area contributed by atoms with E-state index in [1.807, 2.05) is 6.92 Å². The number of rotatable bonds is 11. The lowest BCUT2D eigenvalue weighted by molar-refractivity contribution is -0.191. The van der Waals surface area contributed by atoms with Gasteiger partial charge in [-0.05, 0) is 103 Å². The molecule has 6 rings (SSSR count). The van der Waals surface area contributed by atoms with Gasteiger partial charge >= 0.3 is 30.7 Å². The molecule has 4 amide bonds. The monoisotopic (exact) mass is 1030 g/mol. The van der Waals surface area contributed by atoms with Gasteiger partial charge in [-0.3, -0.25) is 24.2 Å². The van der Waals surface area contributed by atoms with Crippen molar-refractivity contribution < 1.29 is 78.2 Å². The molecule has 4 aromatic rings. The van der Waals surface area contributed by atoms with E-state index in [-0.39, 0.29) is 62.9 Å². The van der Waals surface area contributed by atoms with Crippen LogP contribution in [0.4, 0.5) is 44.7 Å².